The van der Waals surface area contributed by atoms with E-state index in [2.05, 4.69) is 25.5 Å². The second-order valence-electron chi connectivity index (χ2n) is 6.51. The fourth-order valence-electron chi connectivity index (χ4n) is 2.89. The van der Waals surface area contributed by atoms with E-state index in [1.54, 1.807) is 6.20 Å². The molecule has 140 valence electrons. The van der Waals surface area contributed by atoms with Crippen molar-refractivity contribution in [1.29, 1.82) is 0 Å². The summed E-state index contributed by atoms with van der Waals surface area (Å²) in [6, 6.07) is 3.98. The Balaban J connectivity index is 1.97. The molecule has 2 heterocycles. The van der Waals surface area contributed by atoms with E-state index in [4.69, 9.17) is 11.6 Å². The van der Waals surface area contributed by atoms with Crippen LogP contribution >= 0.6 is 11.6 Å². The Morgan fingerprint density at radius 2 is 2.20 bits per heavy atom. The number of pyridine rings is 1. The molecule has 0 amide bonds. The van der Waals surface area contributed by atoms with Gasteiger partial charge in [-0.25, -0.2) is 4.98 Å². The van der Waals surface area contributed by atoms with E-state index >= 15 is 0 Å². The zero-order valence-corrected chi connectivity index (χ0v) is 16.2. The number of rotatable bonds is 7. The van der Waals surface area contributed by atoms with Crippen LogP contribution in [0.1, 0.15) is 40.0 Å². The van der Waals surface area contributed by atoms with Crippen LogP contribution in [0.3, 0.4) is 0 Å². The first-order valence-corrected chi connectivity index (χ1v) is 9.51. The third-order valence-electron chi connectivity index (χ3n) is 4.76. The van der Waals surface area contributed by atoms with Gasteiger partial charge in [0.25, 0.3) is 0 Å². The summed E-state index contributed by atoms with van der Waals surface area (Å²) in [6.45, 7) is 8.94. The number of nitrogens with zero attached hydrogens (tertiary/aromatic N) is 3. The highest BCUT2D eigenvalue weighted by molar-refractivity contribution is 6.32. The summed E-state index contributed by atoms with van der Waals surface area (Å²) in [6.07, 6.45) is 4.15. The first-order valence-electron chi connectivity index (χ1n) is 9.14. The van der Waals surface area contributed by atoms with Gasteiger partial charge in [0, 0.05) is 31.9 Å². The zero-order valence-electron chi connectivity index (χ0n) is 15.4. The maximum absolute atomic E-state index is 10.4. The Kier molecular flexibility index (Phi) is 7.32. The molecule has 0 spiro atoms. The smallest absolute Gasteiger partial charge is 0.191 e. The molecule has 2 rings (SSSR count). The maximum Gasteiger partial charge on any atom is 0.191 e. The van der Waals surface area contributed by atoms with Gasteiger partial charge in [0.1, 0.15) is 5.82 Å². The number of nitrogens with one attached hydrogen (secondary N) is 2. The molecule has 1 unspecified atom stereocenters. The Hall–Kier alpha value is -1.53. The number of aromatic nitrogens is 1. The molecule has 1 aliphatic heterocycles. The van der Waals surface area contributed by atoms with Crippen molar-refractivity contribution in [2.24, 2.45) is 4.99 Å². The van der Waals surface area contributed by atoms with Crippen LogP contribution in [0.4, 0.5) is 5.82 Å². The first-order chi connectivity index (χ1) is 12.0. The number of halogens is 1. The maximum atomic E-state index is 10.4. The third-order valence-corrected chi connectivity index (χ3v) is 5.05. The summed E-state index contributed by atoms with van der Waals surface area (Å²) < 4.78 is 0. The molecular weight excluding hydrogens is 338 g/mol. The van der Waals surface area contributed by atoms with Crippen molar-refractivity contribution in [3.8, 4) is 0 Å². The Morgan fingerprint density at radius 3 is 2.84 bits per heavy atom. The number of aliphatic hydroxyl groups is 1. The van der Waals surface area contributed by atoms with E-state index in [1.165, 1.54) is 0 Å². The largest absolute Gasteiger partial charge is 0.388 e. The number of anilines is 1. The zero-order chi connectivity index (χ0) is 18.3. The van der Waals surface area contributed by atoms with Crippen molar-refractivity contribution < 1.29 is 5.11 Å². The second-order valence-corrected chi connectivity index (χ2v) is 6.92. The molecule has 1 fully saturated rings. The molecule has 1 aromatic rings. The number of hydrogen-bond donors (Lipinski definition) is 3. The normalized spacial score (nSPS) is 18.5. The number of guanidine groups is 1. The summed E-state index contributed by atoms with van der Waals surface area (Å²) in [5.74, 6) is 1.59. The molecular formula is C18H30ClN5O. The molecule has 6 nitrogen and oxygen atoms in total. The van der Waals surface area contributed by atoms with E-state index < -0.39 is 5.60 Å². The van der Waals surface area contributed by atoms with Crippen molar-refractivity contribution in [3.63, 3.8) is 0 Å². The SMILES string of the molecule is CCNC(=NCC(O)(CC)CC)NC1CCN(c2ncccc2Cl)C1. The van der Waals surface area contributed by atoms with Gasteiger partial charge in [-0.15, -0.1) is 0 Å². The summed E-state index contributed by atoms with van der Waals surface area (Å²) >= 11 is 6.25. The molecule has 0 aliphatic carbocycles. The van der Waals surface area contributed by atoms with E-state index in [0.29, 0.717) is 24.4 Å². The minimum Gasteiger partial charge on any atom is -0.388 e. The van der Waals surface area contributed by atoms with Gasteiger partial charge in [0.05, 0.1) is 17.2 Å². The van der Waals surface area contributed by atoms with E-state index in [9.17, 15) is 5.11 Å². The van der Waals surface area contributed by atoms with Crippen molar-refractivity contribution in [3.05, 3.63) is 23.4 Å². The first kappa shape index (κ1) is 19.8. The standard InChI is InChI=1S/C18H30ClN5O/c1-4-18(25,5-2)13-22-17(20-6-3)23-14-9-11-24(12-14)16-15(19)8-7-10-21-16/h7-8,10,14,25H,4-6,9,11-13H2,1-3H3,(H2,20,22,23). The van der Waals surface area contributed by atoms with Gasteiger partial charge in [0.2, 0.25) is 0 Å². The fraction of sp³-hybridized carbons (Fsp3) is 0.667. The summed E-state index contributed by atoms with van der Waals surface area (Å²) in [5, 5.41) is 17.9. The summed E-state index contributed by atoms with van der Waals surface area (Å²) in [7, 11) is 0. The topological polar surface area (TPSA) is 72.8 Å². The predicted octanol–water partition coefficient (Wildman–Crippen LogP) is 2.42. The van der Waals surface area contributed by atoms with Crippen LogP contribution in [0.5, 0.6) is 0 Å². The lowest BCUT2D eigenvalue weighted by Crippen LogP contribution is -2.45. The van der Waals surface area contributed by atoms with Crippen LogP contribution in [0.25, 0.3) is 0 Å². The van der Waals surface area contributed by atoms with Gasteiger partial charge in [-0.05, 0) is 38.3 Å². The van der Waals surface area contributed by atoms with E-state index in [1.807, 2.05) is 32.9 Å². The highest BCUT2D eigenvalue weighted by atomic mass is 35.5. The molecule has 0 saturated carbocycles. The van der Waals surface area contributed by atoms with Gasteiger partial charge in [0.15, 0.2) is 5.96 Å². The lowest BCUT2D eigenvalue weighted by molar-refractivity contribution is 0.0418. The predicted molar refractivity (Wildman–Crippen MR) is 105 cm³/mol. The van der Waals surface area contributed by atoms with Crippen molar-refractivity contribution in [2.45, 2.75) is 51.7 Å². The second kappa shape index (κ2) is 9.25. The lowest BCUT2D eigenvalue weighted by Gasteiger charge is -2.24. The van der Waals surface area contributed by atoms with Crippen LogP contribution in [0.2, 0.25) is 5.02 Å². The highest BCUT2D eigenvalue weighted by Gasteiger charge is 2.26. The van der Waals surface area contributed by atoms with Gasteiger partial charge >= 0.3 is 0 Å². The fourth-order valence-corrected chi connectivity index (χ4v) is 3.13. The third kappa shape index (κ3) is 5.47. The van der Waals surface area contributed by atoms with Crippen molar-refractivity contribution >= 4 is 23.4 Å². The van der Waals surface area contributed by atoms with Gasteiger partial charge in [-0.2, -0.15) is 0 Å². The van der Waals surface area contributed by atoms with Crippen molar-refractivity contribution in [1.82, 2.24) is 15.6 Å². The summed E-state index contributed by atoms with van der Waals surface area (Å²) in [5.41, 5.74) is -0.731. The van der Waals surface area contributed by atoms with Crippen LogP contribution in [0.15, 0.2) is 23.3 Å². The molecule has 25 heavy (non-hydrogen) atoms. The van der Waals surface area contributed by atoms with Crippen LogP contribution in [0, 0.1) is 0 Å². The molecule has 3 N–H and O–H groups in total. The van der Waals surface area contributed by atoms with Crippen LogP contribution < -0.4 is 15.5 Å². The highest BCUT2D eigenvalue weighted by Crippen LogP contribution is 2.25. The van der Waals surface area contributed by atoms with Crippen molar-refractivity contribution in [2.75, 3.05) is 31.1 Å². The molecule has 1 aliphatic rings. The Labute approximate surface area is 155 Å². The van der Waals surface area contributed by atoms with Crippen LogP contribution in [-0.2, 0) is 0 Å². The summed E-state index contributed by atoms with van der Waals surface area (Å²) in [4.78, 5) is 11.2. The Bertz CT molecular complexity index is 576. The quantitative estimate of drug-likeness (QED) is 0.510. The molecule has 0 bridgehead atoms. The number of aliphatic imine (C=N–C) groups is 1. The average Bonchev–Trinajstić information content (AvgIpc) is 3.08. The molecule has 1 atom stereocenters. The minimum atomic E-state index is -0.731. The minimum absolute atomic E-state index is 0.271. The number of hydrogen-bond acceptors (Lipinski definition) is 4. The lowest BCUT2D eigenvalue weighted by atomic mass is 9.98. The molecule has 7 heteroatoms. The van der Waals surface area contributed by atoms with Gasteiger partial charge < -0.3 is 20.6 Å². The van der Waals surface area contributed by atoms with Crippen LogP contribution in [-0.4, -0.2) is 53.9 Å². The monoisotopic (exact) mass is 367 g/mol. The van der Waals surface area contributed by atoms with Gasteiger partial charge in [-0.3, -0.25) is 4.99 Å². The average molecular weight is 368 g/mol. The van der Waals surface area contributed by atoms with E-state index in [0.717, 1.165) is 37.8 Å². The molecule has 0 aromatic carbocycles. The Morgan fingerprint density at radius 1 is 1.44 bits per heavy atom. The molecule has 1 aromatic heterocycles. The molecule has 0 radical (unpaired) electrons. The molecule has 1 saturated heterocycles. The van der Waals surface area contributed by atoms with Gasteiger partial charge in [-0.1, -0.05) is 25.4 Å². The van der Waals surface area contributed by atoms with E-state index in [-0.39, 0.29) is 6.04 Å².